The Morgan fingerprint density at radius 3 is 2.71 bits per heavy atom. The largest absolute Gasteiger partial charge is 0.379 e. The molecule has 0 spiro atoms. The predicted molar refractivity (Wildman–Crippen MR) is 68.9 cm³/mol. The molecule has 1 fully saturated rings. The van der Waals surface area contributed by atoms with Gasteiger partial charge in [0.1, 0.15) is 0 Å². The molecule has 0 bridgehead atoms. The highest BCUT2D eigenvalue weighted by Crippen LogP contribution is 2.39. The number of aromatic nitrogens is 1. The van der Waals surface area contributed by atoms with Crippen LogP contribution < -0.4 is 5.32 Å². The zero-order valence-electron chi connectivity index (χ0n) is 10.9. The van der Waals surface area contributed by atoms with Crippen LogP contribution in [0.2, 0.25) is 0 Å². The number of methoxy groups -OCH3 is 1. The van der Waals surface area contributed by atoms with E-state index in [1.165, 1.54) is 18.4 Å². The van der Waals surface area contributed by atoms with E-state index in [2.05, 4.69) is 29.4 Å². The van der Waals surface area contributed by atoms with Crippen molar-refractivity contribution in [1.29, 1.82) is 0 Å². The Hall–Kier alpha value is -0.930. The first-order valence-electron chi connectivity index (χ1n) is 6.45. The van der Waals surface area contributed by atoms with Gasteiger partial charge in [-0.25, -0.2) is 0 Å². The standard InChI is InChI=1S/C14H22N2O/c1-4-15-13(14(17-3)11-7-8-11)12-6-5-10(2)16-9-12/h5-6,9,11,13-15H,4,7-8H2,1-3H3. The Morgan fingerprint density at radius 2 is 2.24 bits per heavy atom. The van der Waals surface area contributed by atoms with Crippen molar-refractivity contribution in [1.82, 2.24) is 10.3 Å². The number of hydrogen-bond acceptors (Lipinski definition) is 3. The molecule has 1 aliphatic rings. The minimum Gasteiger partial charge on any atom is -0.379 e. The summed E-state index contributed by atoms with van der Waals surface area (Å²) in [6.07, 6.45) is 4.83. The second-order valence-corrected chi connectivity index (χ2v) is 4.81. The van der Waals surface area contributed by atoms with Gasteiger partial charge in [0.05, 0.1) is 12.1 Å². The number of ether oxygens (including phenoxy) is 1. The summed E-state index contributed by atoms with van der Waals surface area (Å²) in [5.41, 5.74) is 2.29. The SMILES string of the molecule is CCNC(c1ccc(C)nc1)C(OC)C1CC1. The third-order valence-electron chi connectivity index (χ3n) is 3.40. The molecule has 1 aromatic rings. The number of nitrogens with zero attached hydrogens (tertiary/aromatic N) is 1. The fraction of sp³-hybridized carbons (Fsp3) is 0.643. The van der Waals surface area contributed by atoms with Crippen molar-refractivity contribution >= 4 is 0 Å². The molecule has 1 saturated carbocycles. The van der Waals surface area contributed by atoms with Crippen LogP contribution >= 0.6 is 0 Å². The first-order chi connectivity index (χ1) is 8.26. The summed E-state index contributed by atoms with van der Waals surface area (Å²) in [5.74, 6) is 0.713. The Balaban J connectivity index is 2.17. The molecular formula is C14H22N2O. The number of rotatable bonds is 6. The monoisotopic (exact) mass is 234 g/mol. The average molecular weight is 234 g/mol. The van der Waals surface area contributed by atoms with Crippen molar-refractivity contribution in [2.24, 2.45) is 5.92 Å². The number of likely N-dealkylation sites (N-methyl/N-ethyl adjacent to an activating group) is 1. The van der Waals surface area contributed by atoms with Crippen LogP contribution in [0.15, 0.2) is 18.3 Å². The Kier molecular flexibility index (Phi) is 4.13. The molecule has 0 radical (unpaired) electrons. The van der Waals surface area contributed by atoms with Crippen LogP contribution in [0.25, 0.3) is 0 Å². The molecule has 2 atom stereocenters. The predicted octanol–water partition coefficient (Wildman–Crippen LogP) is 2.47. The normalized spacial score (nSPS) is 19.0. The highest BCUT2D eigenvalue weighted by atomic mass is 16.5. The van der Waals surface area contributed by atoms with Crippen molar-refractivity contribution < 1.29 is 4.74 Å². The zero-order valence-corrected chi connectivity index (χ0v) is 10.9. The van der Waals surface area contributed by atoms with Crippen LogP contribution in [-0.2, 0) is 4.74 Å². The number of pyridine rings is 1. The molecule has 2 unspecified atom stereocenters. The van der Waals surface area contributed by atoms with E-state index < -0.39 is 0 Å². The van der Waals surface area contributed by atoms with Crippen molar-refractivity contribution in [3.05, 3.63) is 29.6 Å². The second kappa shape index (κ2) is 5.61. The van der Waals surface area contributed by atoms with Gasteiger partial charge in [0, 0.05) is 19.0 Å². The van der Waals surface area contributed by atoms with Crippen LogP contribution in [0.3, 0.4) is 0 Å². The summed E-state index contributed by atoms with van der Waals surface area (Å²) in [6.45, 7) is 5.10. The smallest absolute Gasteiger partial charge is 0.0794 e. The van der Waals surface area contributed by atoms with Crippen LogP contribution in [0.1, 0.15) is 37.1 Å². The molecule has 17 heavy (non-hydrogen) atoms. The molecule has 1 aliphatic carbocycles. The van der Waals surface area contributed by atoms with Gasteiger partial charge in [0.2, 0.25) is 0 Å². The third-order valence-corrected chi connectivity index (χ3v) is 3.40. The Morgan fingerprint density at radius 1 is 1.47 bits per heavy atom. The van der Waals surface area contributed by atoms with Crippen LogP contribution in [0.5, 0.6) is 0 Å². The van der Waals surface area contributed by atoms with Crippen molar-refractivity contribution in [3.63, 3.8) is 0 Å². The molecule has 1 heterocycles. The van der Waals surface area contributed by atoms with Gasteiger partial charge in [0.25, 0.3) is 0 Å². The van der Waals surface area contributed by atoms with E-state index in [1.54, 1.807) is 0 Å². The van der Waals surface area contributed by atoms with E-state index in [1.807, 2.05) is 20.2 Å². The van der Waals surface area contributed by atoms with E-state index in [0.29, 0.717) is 5.92 Å². The molecule has 0 amide bonds. The Labute approximate surface area is 104 Å². The molecule has 0 saturated heterocycles. The molecule has 1 aromatic heterocycles. The van der Waals surface area contributed by atoms with Gasteiger partial charge >= 0.3 is 0 Å². The molecule has 0 aromatic carbocycles. The maximum Gasteiger partial charge on any atom is 0.0794 e. The van der Waals surface area contributed by atoms with Crippen molar-refractivity contribution in [2.45, 2.75) is 38.8 Å². The summed E-state index contributed by atoms with van der Waals surface area (Å²) in [4.78, 5) is 4.38. The van der Waals surface area contributed by atoms with Crippen molar-refractivity contribution in [3.8, 4) is 0 Å². The lowest BCUT2D eigenvalue weighted by molar-refractivity contribution is 0.0510. The van der Waals surface area contributed by atoms with Gasteiger partial charge in [-0.3, -0.25) is 4.98 Å². The molecule has 3 heteroatoms. The second-order valence-electron chi connectivity index (χ2n) is 4.81. The maximum atomic E-state index is 5.68. The van der Waals surface area contributed by atoms with Crippen LogP contribution in [0.4, 0.5) is 0 Å². The van der Waals surface area contributed by atoms with E-state index in [-0.39, 0.29) is 12.1 Å². The summed E-state index contributed by atoms with van der Waals surface area (Å²) in [6, 6.07) is 4.49. The quantitative estimate of drug-likeness (QED) is 0.821. The van der Waals surface area contributed by atoms with Gasteiger partial charge in [0.15, 0.2) is 0 Å². The molecule has 1 N–H and O–H groups in total. The van der Waals surface area contributed by atoms with Crippen molar-refractivity contribution in [2.75, 3.05) is 13.7 Å². The summed E-state index contributed by atoms with van der Waals surface area (Å²) in [5, 5.41) is 3.53. The minimum absolute atomic E-state index is 0.269. The van der Waals surface area contributed by atoms with Gasteiger partial charge in [-0.15, -0.1) is 0 Å². The zero-order chi connectivity index (χ0) is 12.3. The summed E-state index contributed by atoms with van der Waals surface area (Å²) >= 11 is 0. The van der Waals surface area contributed by atoms with Crippen LogP contribution in [0, 0.1) is 12.8 Å². The summed E-state index contributed by atoms with van der Waals surface area (Å²) < 4.78 is 5.68. The molecule has 0 aliphatic heterocycles. The number of hydrogen-bond donors (Lipinski definition) is 1. The lowest BCUT2D eigenvalue weighted by Gasteiger charge is -2.27. The fourth-order valence-electron chi connectivity index (χ4n) is 2.33. The molecule has 3 nitrogen and oxygen atoms in total. The first-order valence-corrected chi connectivity index (χ1v) is 6.45. The molecular weight excluding hydrogens is 212 g/mol. The van der Waals surface area contributed by atoms with E-state index >= 15 is 0 Å². The minimum atomic E-state index is 0.269. The average Bonchev–Trinajstić information content (AvgIpc) is 3.15. The third kappa shape index (κ3) is 3.05. The topological polar surface area (TPSA) is 34.2 Å². The lowest BCUT2D eigenvalue weighted by Crippen LogP contribution is -2.34. The van der Waals surface area contributed by atoms with E-state index in [4.69, 9.17) is 4.74 Å². The summed E-state index contributed by atoms with van der Waals surface area (Å²) in [7, 11) is 1.81. The highest BCUT2D eigenvalue weighted by molar-refractivity contribution is 5.19. The van der Waals surface area contributed by atoms with E-state index in [9.17, 15) is 0 Å². The van der Waals surface area contributed by atoms with Gasteiger partial charge in [-0.1, -0.05) is 13.0 Å². The lowest BCUT2D eigenvalue weighted by atomic mass is 9.99. The fourth-order valence-corrected chi connectivity index (χ4v) is 2.33. The van der Waals surface area contributed by atoms with Gasteiger partial charge in [-0.2, -0.15) is 0 Å². The molecule has 2 rings (SSSR count). The molecule has 94 valence electrons. The maximum absolute atomic E-state index is 5.68. The van der Waals surface area contributed by atoms with Gasteiger partial charge < -0.3 is 10.1 Å². The number of nitrogens with one attached hydrogen (secondary N) is 1. The van der Waals surface area contributed by atoms with Gasteiger partial charge in [-0.05, 0) is 43.9 Å². The first kappa shape index (κ1) is 12.5. The van der Waals surface area contributed by atoms with E-state index in [0.717, 1.165) is 12.2 Å². The highest BCUT2D eigenvalue weighted by Gasteiger charge is 2.37. The van der Waals surface area contributed by atoms with Crippen LogP contribution in [-0.4, -0.2) is 24.7 Å². The Bertz CT molecular complexity index is 346. The number of aryl methyl sites for hydroxylation is 1.